The first-order valence-electron chi connectivity index (χ1n) is 10.6. The summed E-state index contributed by atoms with van der Waals surface area (Å²) in [5, 5.41) is 0. The summed E-state index contributed by atoms with van der Waals surface area (Å²) in [5.41, 5.74) is 0. The van der Waals surface area contributed by atoms with Gasteiger partial charge in [-0.3, -0.25) is 4.57 Å². The summed E-state index contributed by atoms with van der Waals surface area (Å²) in [7, 11) is 1.58. The molecule has 0 saturated heterocycles. The predicted octanol–water partition coefficient (Wildman–Crippen LogP) is 1.92. The standard InChI is InChI=1S/C20H42NO4P.ClH/c1-5-6-7-8-9-10-11-12-18-13-15-19(16-14-18)25-20(26(22,23)24)17-21(2,3)4;/h18-20H,5-17H2,1-4H3,(H-,22,23,24);1H. The number of unbranched alkanes of at least 4 members (excludes halogenated alkanes) is 6. The third-order valence-electron chi connectivity index (χ3n) is 5.44. The van der Waals surface area contributed by atoms with Gasteiger partial charge in [0.05, 0.1) is 27.2 Å². The van der Waals surface area contributed by atoms with Crippen LogP contribution in [0.4, 0.5) is 0 Å². The van der Waals surface area contributed by atoms with Crippen molar-refractivity contribution >= 4 is 7.60 Å². The molecule has 1 aliphatic rings. The topological polar surface area (TPSA) is 66.8 Å². The van der Waals surface area contributed by atoms with Crippen molar-refractivity contribution in [1.29, 1.82) is 0 Å². The zero-order valence-corrected chi connectivity index (χ0v) is 19.6. The predicted molar refractivity (Wildman–Crippen MR) is 108 cm³/mol. The summed E-state index contributed by atoms with van der Waals surface area (Å²) in [5.74, 6) is -0.204. The molecule has 7 heteroatoms. The van der Waals surface area contributed by atoms with E-state index in [0.29, 0.717) is 11.0 Å². The quantitative estimate of drug-likeness (QED) is 0.268. The Labute approximate surface area is 173 Å². The second-order valence-electron chi connectivity index (χ2n) is 9.21. The first-order chi connectivity index (χ1) is 12.1. The largest absolute Gasteiger partial charge is 1.00 e. The Hall–Kier alpha value is 0.360. The molecular weight excluding hydrogens is 385 g/mol. The summed E-state index contributed by atoms with van der Waals surface area (Å²) >= 11 is 0. The Morgan fingerprint density at radius 3 is 1.96 bits per heavy atom. The monoisotopic (exact) mass is 427 g/mol. The number of likely N-dealkylation sites (N-methyl/N-ethyl adjacent to an activating group) is 1. The molecule has 0 amide bonds. The Morgan fingerprint density at radius 1 is 0.963 bits per heavy atom. The van der Waals surface area contributed by atoms with E-state index in [-0.39, 0.29) is 18.5 Å². The molecule has 164 valence electrons. The maximum Gasteiger partial charge on any atom is 0.359 e. The summed E-state index contributed by atoms with van der Waals surface area (Å²) in [6.07, 6.45) is 15.0. The van der Waals surface area contributed by atoms with Crippen LogP contribution in [0.2, 0.25) is 0 Å². The molecule has 1 atom stereocenters. The number of hydrogen-bond donors (Lipinski definition) is 2. The maximum absolute atomic E-state index is 11.8. The smallest absolute Gasteiger partial charge is 0.359 e. The first-order valence-corrected chi connectivity index (χ1v) is 12.3. The molecule has 0 bridgehead atoms. The molecule has 0 spiro atoms. The lowest BCUT2D eigenvalue weighted by molar-refractivity contribution is -0.872. The number of hydrogen-bond acceptors (Lipinski definition) is 2. The molecule has 0 aromatic heterocycles. The van der Waals surface area contributed by atoms with Crippen molar-refractivity contribution < 1.29 is 36.0 Å². The van der Waals surface area contributed by atoms with Crippen molar-refractivity contribution in [1.82, 2.24) is 0 Å². The average molecular weight is 428 g/mol. The summed E-state index contributed by atoms with van der Waals surface area (Å²) in [4.78, 5) is 19.2. The van der Waals surface area contributed by atoms with Gasteiger partial charge in [-0.2, -0.15) is 0 Å². The van der Waals surface area contributed by atoms with Crippen LogP contribution in [0.5, 0.6) is 0 Å². The minimum absolute atomic E-state index is 0. The number of quaternary nitrogens is 1. The highest BCUT2D eigenvalue weighted by Gasteiger charge is 2.37. The molecule has 0 aliphatic heterocycles. The average Bonchev–Trinajstić information content (AvgIpc) is 2.53. The van der Waals surface area contributed by atoms with Crippen LogP contribution in [-0.2, 0) is 9.30 Å². The van der Waals surface area contributed by atoms with E-state index in [1.807, 2.05) is 21.1 Å². The minimum atomic E-state index is -4.23. The van der Waals surface area contributed by atoms with Crippen LogP contribution in [0.3, 0.4) is 0 Å². The van der Waals surface area contributed by atoms with E-state index in [9.17, 15) is 14.4 Å². The second kappa shape index (κ2) is 13.6. The van der Waals surface area contributed by atoms with Crippen molar-refractivity contribution in [3.05, 3.63) is 0 Å². The van der Waals surface area contributed by atoms with Gasteiger partial charge in [0.15, 0.2) is 0 Å². The van der Waals surface area contributed by atoms with Gasteiger partial charge in [-0.15, -0.1) is 0 Å². The number of halogens is 1. The van der Waals surface area contributed by atoms with Crippen molar-refractivity contribution in [3.8, 4) is 0 Å². The highest BCUT2D eigenvalue weighted by molar-refractivity contribution is 7.52. The van der Waals surface area contributed by atoms with E-state index < -0.39 is 13.4 Å². The second-order valence-corrected chi connectivity index (χ2v) is 11.0. The van der Waals surface area contributed by atoms with Gasteiger partial charge in [0.25, 0.3) is 0 Å². The maximum atomic E-state index is 11.8. The molecule has 1 saturated carbocycles. The van der Waals surface area contributed by atoms with Crippen LogP contribution in [-0.4, -0.2) is 53.9 Å². The number of nitrogens with zero attached hydrogens (tertiary/aromatic N) is 1. The Morgan fingerprint density at radius 2 is 1.48 bits per heavy atom. The molecule has 5 nitrogen and oxygen atoms in total. The normalized spacial score (nSPS) is 22.3. The van der Waals surface area contributed by atoms with E-state index in [4.69, 9.17) is 4.74 Å². The molecule has 1 aliphatic carbocycles. The van der Waals surface area contributed by atoms with E-state index in [0.717, 1.165) is 31.6 Å². The molecule has 0 aromatic carbocycles. The van der Waals surface area contributed by atoms with E-state index in [1.165, 1.54) is 51.4 Å². The van der Waals surface area contributed by atoms with Crippen LogP contribution >= 0.6 is 7.60 Å². The van der Waals surface area contributed by atoms with Gasteiger partial charge in [-0.25, -0.2) is 0 Å². The third kappa shape index (κ3) is 13.2. The molecular formula is C20H43ClNO4P. The highest BCUT2D eigenvalue weighted by atomic mass is 35.5. The Balaban J connectivity index is 0.00000676. The Kier molecular flexibility index (Phi) is 13.7. The van der Waals surface area contributed by atoms with Gasteiger partial charge in [-0.1, -0.05) is 58.3 Å². The van der Waals surface area contributed by atoms with Gasteiger partial charge in [0.1, 0.15) is 6.54 Å². The van der Waals surface area contributed by atoms with Crippen LogP contribution in [0.15, 0.2) is 0 Å². The Bertz CT molecular complexity index is 417. The molecule has 0 aromatic rings. The first kappa shape index (κ1) is 27.4. The summed E-state index contributed by atoms with van der Waals surface area (Å²) in [6, 6.07) is 0. The van der Waals surface area contributed by atoms with Crippen molar-refractivity contribution in [2.45, 2.75) is 95.9 Å². The molecule has 0 heterocycles. The fourth-order valence-corrected chi connectivity index (χ4v) is 4.90. The summed E-state index contributed by atoms with van der Waals surface area (Å²) in [6.45, 7) is 2.59. The van der Waals surface area contributed by atoms with Crippen LogP contribution in [0, 0.1) is 5.92 Å². The number of ether oxygens (including phenoxy) is 1. The third-order valence-corrected chi connectivity index (χ3v) is 6.47. The van der Waals surface area contributed by atoms with Crippen molar-refractivity contribution in [2.75, 3.05) is 27.7 Å². The lowest BCUT2D eigenvalue weighted by Crippen LogP contribution is -3.00. The van der Waals surface area contributed by atoms with Gasteiger partial charge in [0, 0.05) is 0 Å². The zero-order valence-electron chi connectivity index (χ0n) is 17.9. The lowest BCUT2D eigenvalue weighted by atomic mass is 9.84. The van der Waals surface area contributed by atoms with Gasteiger partial charge >= 0.3 is 7.60 Å². The van der Waals surface area contributed by atoms with Crippen molar-refractivity contribution in [2.24, 2.45) is 5.92 Å². The van der Waals surface area contributed by atoms with Crippen LogP contribution in [0.1, 0.15) is 84.0 Å². The SMILES string of the molecule is CCCCCCCCCC1CCC(OC(C[N+](C)(C)C)P(=O)(O)O)CC1.[Cl-]. The van der Waals surface area contributed by atoms with Crippen molar-refractivity contribution in [3.63, 3.8) is 0 Å². The molecule has 0 radical (unpaired) electrons. The fourth-order valence-electron chi connectivity index (χ4n) is 3.87. The highest BCUT2D eigenvalue weighted by Crippen LogP contribution is 2.44. The molecule has 1 fully saturated rings. The van der Waals surface area contributed by atoms with Crippen LogP contribution < -0.4 is 12.4 Å². The van der Waals surface area contributed by atoms with Gasteiger partial charge in [0.2, 0.25) is 5.85 Å². The minimum Gasteiger partial charge on any atom is -1.00 e. The van der Waals surface area contributed by atoms with E-state index in [1.54, 1.807) is 0 Å². The van der Waals surface area contributed by atoms with Gasteiger partial charge < -0.3 is 31.4 Å². The van der Waals surface area contributed by atoms with Crippen LogP contribution in [0.25, 0.3) is 0 Å². The number of rotatable bonds is 13. The molecule has 1 rings (SSSR count). The summed E-state index contributed by atoms with van der Waals surface area (Å²) < 4.78 is 18.1. The molecule has 1 unspecified atom stereocenters. The fraction of sp³-hybridized carbons (Fsp3) is 1.00. The van der Waals surface area contributed by atoms with Gasteiger partial charge in [-0.05, 0) is 31.6 Å². The lowest BCUT2D eigenvalue weighted by Gasteiger charge is -2.34. The molecule has 27 heavy (non-hydrogen) atoms. The van der Waals surface area contributed by atoms with E-state index in [2.05, 4.69) is 6.92 Å². The van der Waals surface area contributed by atoms with E-state index >= 15 is 0 Å². The molecule has 2 N–H and O–H groups in total. The zero-order chi connectivity index (χ0) is 19.6.